The molecule has 2 aromatic rings. The van der Waals surface area contributed by atoms with Gasteiger partial charge < -0.3 is 10.2 Å². The quantitative estimate of drug-likeness (QED) is 0.916. The standard InChI is InChI=1S/C21H23FN2O2/c1-15-2-4-16(5-3-15)14-23-20(25)17-10-12-24(13-11-17)21(26)18-6-8-19(22)9-7-18/h2-9,17H,10-14H2,1H3,(H,23,25). The molecule has 1 heterocycles. The smallest absolute Gasteiger partial charge is 0.253 e. The Morgan fingerprint density at radius 1 is 1.04 bits per heavy atom. The van der Waals surface area contributed by atoms with Crippen molar-refractivity contribution in [2.45, 2.75) is 26.3 Å². The molecule has 1 fully saturated rings. The molecule has 0 unspecified atom stereocenters. The van der Waals surface area contributed by atoms with E-state index in [0.29, 0.717) is 38.0 Å². The first-order valence-corrected chi connectivity index (χ1v) is 8.91. The van der Waals surface area contributed by atoms with Crippen molar-refractivity contribution in [1.82, 2.24) is 10.2 Å². The third-order valence-electron chi connectivity index (χ3n) is 4.83. The molecule has 0 aromatic heterocycles. The Balaban J connectivity index is 1.48. The van der Waals surface area contributed by atoms with Crippen LogP contribution in [0.3, 0.4) is 0 Å². The van der Waals surface area contributed by atoms with Gasteiger partial charge in [0, 0.05) is 31.1 Å². The normalized spacial score (nSPS) is 14.9. The van der Waals surface area contributed by atoms with E-state index in [4.69, 9.17) is 0 Å². The number of halogens is 1. The van der Waals surface area contributed by atoms with Crippen LogP contribution in [0.25, 0.3) is 0 Å². The summed E-state index contributed by atoms with van der Waals surface area (Å²) in [6.45, 7) is 3.63. The van der Waals surface area contributed by atoms with Crippen LogP contribution in [0.2, 0.25) is 0 Å². The Labute approximate surface area is 153 Å². The number of nitrogens with one attached hydrogen (secondary N) is 1. The van der Waals surface area contributed by atoms with Crippen LogP contribution in [-0.4, -0.2) is 29.8 Å². The Bertz CT molecular complexity index is 764. The number of rotatable bonds is 4. The number of carbonyl (C=O) groups is 2. The molecule has 0 radical (unpaired) electrons. The van der Waals surface area contributed by atoms with Crippen LogP contribution < -0.4 is 5.32 Å². The van der Waals surface area contributed by atoms with Crippen LogP contribution >= 0.6 is 0 Å². The second-order valence-electron chi connectivity index (χ2n) is 6.78. The molecular formula is C21H23FN2O2. The minimum atomic E-state index is -0.356. The molecule has 4 nitrogen and oxygen atoms in total. The van der Waals surface area contributed by atoms with Crippen molar-refractivity contribution >= 4 is 11.8 Å². The van der Waals surface area contributed by atoms with Gasteiger partial charge in [-0.25, -0.2) is 4.39 Å². The maximum Gasteiger partial charge on any atom is 0.253 e. The van der Waals surface area contributed by atoms with Crippen LogP contribution in [0.5, 0.6) is 0 Å². The fourth-order valence-electron chi connectivity index (χ4n) is 3.16. The van der Waals surface area contributed by atoms with E-state index in [9.17, 15) is 14.0 Å². The van der Waals surface area contributed by atoms with Gasteiger partial charge in [0.25, 0.3) is 5.91 Å². The van der Waals surface area contributed by atoms with Crippen LogP contribution in [0.1, 0.15) is 34.3 Å². The molecule has 2 amide bonds. The molecule has 0 atom stereocenters. The molecule has 1 aliphatic rings. The third kappa shape index (κ3) is 4.48. The highest BCUT2D eigenvalue weighted by Crippen LogP contribution is 2.19. The van der Waals surface area contributed by atoms with Crippen LogP contribution in [-0.2, 0) is 11.3 Å². The Morgan fingerprint density at radius 3 is 2.27 bits per heavy atom. The van der Waals surface area contributed by atoms with Crippen molar-refractivity contribution in [2.75, 3.05) is 13.1 Å². The highest BCUT2D eigenvalue weighted by Gasteiger charge is 2.27. The number of carbonyl (C=O) groups excluding carboxylic acids is 2. The van der Waals surface area contributed by atoms with Gasteiger partial charge in [-0.15, -0.1) is 0 Å². The maximum absolute atomic E-state index is 13.0. The fourth-order valence-corrected chi connectivity index (χ4v) is 3.16. The van der Waals surface area contributed by atoms with Crippen molar-refractivity contribution in [3.05, 3.63) is 71.0 Å². The van der Waals surface area contributed by atoms with Gasteiger partial charge >= 0.3 is 0 Å². The molecular weight excluding hydrogens is 331 g/mol. The first-order valence-electron chi connectivity index (χ1n) is 8.91. The molecule has 0 aliphatic carbocycles. The Morgan fingerprint density at radius 2 is 1.65 bits per heavy atom. The largest absolute Gasteiger partial charge is 0.352 e. The molecule has 1 saturated heterocycles. The van der Waals surface area contributed by atoms with E-state index in [1.165, 1.54) is 29.8 Å². The van der Waals surface area contributed by atoms with Gasteiger partial charge in [0.05, 0.1) is 0 Å². The molecule has 136 valence electrons. The highest BCUT2D eigenvalue weighted by molar-refractivity contribution is 5.94. The van der Waals surface area contributed by atoms with Gasteiger partial charge in [-0.3, -0.25) is 9.59 Å². The SMILES string of the molecule is Cc1ccc(CNC(=O)C2CCN(C(=O)c3ccc(F)cc3)CC2)cc1. The van der Waals surface area contributed by atoms with Gasteiger partial charge in [0.2, 0.25) is 5.91 Å². The number of likely N-dealkylation sites (tertiary alicyclic amines) is 1. The third-order valence-corrected chi connectivity index (χ3v) is 4.83. The summed E-state index contributed by atoms with van der Waals surface area (Å²) in [5, 5.41) is 2.99. The molecule has 0 saturated carbocycles. The van der Waals surface area contributed by atoms with E-state index in [2.05, 4.69) is 5.32 Å². The molecule has 3 rings (SSSR count). The first kappa shape index (κ1) is 18.1. The van der Waals surface area contributed by atoms with Gasteiger partial charge in [0.1, 0.15) is 5.82 Å². The fraction of sp³-hybridized carbons (Fsp3) is 0.333. The number of amides is 2. The van der Waals surface area contributed by atoms with Crippen molar-refractivity contribution in [1.29, 1.82) is 0 Å². The van der Waals surface area contributed by atoms with Crippen molar-refractivity contribution in [3.63, 3.8) is 0 Å². The summed E-state index contributed by atoms with van der Waals surface area (Å²) in [5.41, 5.74) is 2.75. The predicted octanol–water partition coefficient (Wildman–Crippen LogP) is 3.30. The number of hydrogen-bond acceptors (Lipinski definition) is 2. The van der Waals surface area contributed by atoms with E-state index in [-0.39, 0.29) is 23.5 Å². The number of aryl methyl sites for hydroxylation is 1. The molecule has 2 aromatic carbocycles. The van der Waals surface area contributed by atoms with Gasteiger partial charge in [-0.05, 0) is 49.6 Å². The Kier molecular flexibility index (Phi) is 5.66. The summed E-state index contributed by atoms with van der Waals surface area (Å²) in [6, 6.07) is 13.7. The number of nitrogens with zero attached hydrogens (tertiary/aromatic N) is 1. The van der Waals surface area contributed by atoms with Crippen LogP contribution in [0.4, 0.5) is 4.39 Å². The summed E-state index contributed by atoms with van der Waals surface area (Å²) in [7, 11) is 0. The van der Waals surface area contributed by atoms with Crippen molar-refractivity contribution < 1.29 is 14.0 Å². The summed E-state index contributed by atoms with van der Waals surface area (Å²) < 4.78 is 13.0. The molecule has 5 heteroatoms. The minimum absolute atomic E-state index is 0.0412. The van der Waals surface area contributed by atoms with Crippen molar-refractivity contribution in [2.24, 2.45) is 5.92 Å². The zero-order valence-electron chi connectivity index (χ0n) is 14.9. The lowest BCUT2D eigenvalue weighted by Gasteiger charge is -2.31. The zero-order chi connectivity index (χ0) is 18.5. The molecule has 0 bridgehead atoms. The minimum Gasteiger partial charge on any atom is -0.352 e. The van der Waals surface area contributed by atoms with E-state index in [1.807, 2.05) is 31.2 Å². The Hall–Kier alpha value is -2.69. The second-order valence-corrected chi connectivity index (χ2v) is 6.78. The molecule has 1 N–H and O–H groups in total. The van der Waals surface area contributed by atoms with Crippen molar-refractivity contribution in [3.8, 4) is 0 Å². The number of benzene rings is 2. The summed E-state index contributed by atoms with van der Waals surface area (Å²) in [6.07, 6.45) is 1.29. The monoisotopic (exact) mass is 354 g/mol. The molecule has 0 spiro atoms. The van der Waals surface area contributed by atoms with E-state index in [1.54, 1.807) is 4.90 Å². The first-order chi connectivity index (χ1) is 12.5. The van der Waals surface area contributed by atoms with Gasteiger partial charge in [-0.2, -0.15) is 0 Å². The average molecular weight is 354 g/mol. The highest BCUT2D eigenvalue weighted by atomic mass is 19.1. The zero-order valence-corrected chi connectivity index (χ0v) is 14.9. The number of piperidine rings is 1. The lowest BCUT2D eigenvalue weighted by molar-refractivity contribution is -0.126. The lowest BCUT2D eigenvalue weighted by atomic mass is 9.95. The van der Waals surface area contributed by atoms with E-state index in [0.717, 1.165) is 5.56 Å². The lowest BCUT2D eigenvalue weighted by Crippen LogP contribution is -2.42. The number of hydrogen-bond donors (Lipinski definition) is 1. The second kappa shape index (κ2) is 8.13. The van der Waals surface area contributed by atoms with Crippen LogP contribution in [0, 0.1) is 18.7 Å². The van der Waals surface area contributed by atoms with E-state index >= 15 is 0 Å². The van der Waals surface area contributed by atoms with E-state index < -0.39 is 0 Å². The van der Waals surface area contributed by atoms with Gasteiger partial charge in [0.15, 0.2) is 0 Å². The predicted molar refractivity (Wildman–Crippen MR) is 98.1 cm³/mol. The topological polar surface area (TPSA) is 49.4 Å². The maximum atomic E-state index is 13.0. The summed E-state index contributed by atoms with van der Waals surface area (Å²) in [4.78, 5) is 26.5. The summed E-state index contributed by atoms with van der Waals surface area (Å²) >= 11 is 0. The van der Waals surface area contributed by atoms with Gasteiger partial charge in [-0.1, -0.05) is 29.8 Å². The molecule has 26 heavy (non-hydrogen) atoms. The molecule has 1 aliphatic heterocycles. The summed E-state index contributed by atoms with van der Waals surface area (Å²) in [5.74, 6) is -0.494. The average Bonchev–Trinajstić information content (AvgIpc) is 2.67. The van der Waals surface area contributed by atoms with Crippen LogP contribution in [0.15, 0.2) is 48.5 Å².